The van der Waals surface area contributed by atoms with Gasteiger partial charge in [0.2, 0.25) is 0 Å². The first-order valence-corrected chi connectivity index (χ1v) is 9.45. The fourth-order valence-corrected chi connectivity index (χ4v) is 4.03. The molecule has 2 aromatic rings. The lowest BCUT2D eigenvalue weighted by Gasteiger charge is -2.21. The number of aromatic amines is 1. The molecule has 1 amide bonds. The maximum Gasteiger partial charge on any atom is 0.260 e. The van der Waals surface area contributed by atoms with Crippen molar-refractivity contribution in [3.8, 4) is 5.75 Å². The second kappa shape index (κ2) is 7.66. The molecule has 1 saturated heterocycles. The Bertz CT molecular complexity index is 793. The number of benzene rings is 1. The number of hydrogen-bond donors (Lipinski definition) is 1. The van der Waals surface area contributed by atoms with E-state index in [1.807, 2.05) is 18.2 Å². The highest BCUT2D eigenvalue weighted by molar-refractivity contribution is 7.89. The van der Waals surface area contributed by atoms with Crippen LogP contribution in [0.15, 0.2) is 47.9 Å². The molecule has 3 rings (SSSR count). The van der Waals surface area contributed by atoms with E-state index >= 15 is 0 Å². The zero-order chi connectivity index (χ0) is 17.7. The van der Waals surface area contributed by atoms with E-state index in [0.29, 0.717) is 31.8 Å². The van der Waals surface area contributed by atoms with E-state index in [1.165, 1.54) is 16.8 Å². The number of sulfonamides is 1. The van der Waals surface area contributed by atoms with Crippen LogP contribution >= 0.6 is 0 Å². The standard InChI is InChI=1S/C16H20N4O4S/c21-16(12-24-14-5-2-1-3-6-14)19-7-4-8-20(10-9-19)25(22,23)15-11-17-13-18-15/h1-3,5-6,11,13H,4,7-10,12H2,(H,17,18). The maximum absolute atomic E-state index is 12.5. The van der Waals surface area contributed by atoms with Crippen molar-refractivity contribution in [1.82, 2.24) is 19.2 Å². The van der Waals surface area contributed by atoms with Crippen LogP contribution in [0.4, 0.5) is 0 Å². The van der Waals surface area contributed by atoms with Crippen molar-refractivity contribution in [2.75, 3.05) is 32.8 Å². The molecule has 0 atom stereocenters. The number of carbonyl (C=O) groups excluding carboxylic acids is 1. The number of nitrogens with zero attached hydrogens (tertiary/aromatic N) is 3. The fraction of sp³-hybridized carbons (Fsp3) is 0.375. The number of aromatic nitrogens is 2. The van der Waals surface area contributed by atoms with Gasteiger partial charge in [-0.1, -0.05) is 18.2 Å². The maximum atomic E-state index is 12.5. The Balaban J connectivity index is 1.57. The predicted molar refractivity (Wildman–Crippen MR) is 90.5 cm³/mol. The molecule has 0 bridgehead atoms. The van der Waals surface area contributed by atoms with Crippen molar-refractivity contribution in [2.45, 2.75) is 11.4 Å². The van der Waals surface area contributed by atoms with Crippen molar-refractivity contribution >= 4 is 15.9 Å². The summed E-state index contributed by atoms with van der Waals surface area (Å²) in [5, 5.41) is 0.0692. The van der Waals surface area contributed by atoms with Gasteiger partial charge in [0.15, 0.2) is 11.6 Å². The summed E-state index contributed by atoms with van der Waals surface area (Å²) in [6.45, 7) is 1.40. The minimum absolute atomic E-state index is 0.0582. The lowest BCUT2D eigenvalue weighted by atomic mass is 10.3. The summed E-state index contributed by atoms with van der Waals surface area (Å²) in [7, 11) is -3.60. The van der Waals surface area contributed by atoms with Crippen LogP contribution in [0, 0.1) is 0 Å². The third kappa shape index (κ3) is 4.18. The van der Waals surface area contributed by atoms with E-state index in [0.717, 1.165) is 0 Å². The lowest BCUT2D eigenvalue weighted by molar-refractivity contribution is -0.133. The van der Waals surface area contributed by atoms with Gasteiger partial charge in [-0.15, -0.1) is 0 Å². The molecule has 134 valence electrons. The van der Waals surface area contributed by atoms with Crippen molar-refractivity contribution < 1.29 is 17.9 Å². The van der Waals surface area contributed by atoms with Crippen molar-refractivity contribution in [1.29, 1.82) is 0 Å². The Hall–Kier alpha value is -2.39. The molecule has 1 aromatic heterocycles. The van der Waals surface area contributed by atoms with E-state index in [1.54, 1.807) is 17.0 Å². The van der Waals surface area contributed by atoms with Gasteiger partial charge in [0.1, 0.15) is 5.75 Å². The van der Waals surface area contributed by atoms with E-state index in [9.17, 15) is 13.2 Å². The summed E-state index contributed by atoms with van der Waals surface area (Å²) in [5.41, 5.74) is 0. The van der Waals surface area contributed by atoms with E-state index in [2.05, 4.69) is 9.97 Å². The molecule has 0 unspecified atom stereocenters. The number of carbonyl (C=O) groups is 1. The van der Waals surface area contributed by atoms with Gasteiger partial charge in [-0.05, 0) is 18.6 Å². The largest absolute Gasteiger partial charge is 0.484 e. The van der Waals surface area contributed by atoms with Gasteiger partial charge in [0.25, 0.3) is 15.9 Å². The molecule has 0 saturated carbocycles. The number of hydrogen-bond acceptors (Lipinski definition) is 5. The van der Waals surface area contributed by atoms with E-state index in [-0.39, 0.29) is 24.1 Å². The van der Waals surface area contributed by atoms with Crippen LogP contribution in [0.1, 0.15) is 6.42 Å². The van der Waals surface area contributed by atoms with Gasteiger partial charge in [-0.25, -0.2) is 13.4 Å². The number of nitrogens with one attached hydrogen (secondary N) is 1. The van der Waals surface area contributed by atoms with Crippen molar-refractivity contribution in [3.63, 3.8) is 0 Å². The van der Waals surface area contributed by atoms with Crippen molar-refractivity contribution in [2.24, 2.45) is 0 Å². The summed E-state index contributed by atoms with van der Waals surface area (Å²) in [5.74, 6) is 0.485. The van der Waals surface area contributed by atoms with Gasteiger partial charge in [-0.3, -0.25) is 4.79 Å². The Morgan fingerprint density at radius 1 is 1.16 bits per heavy atom. The van der Waals surface area contributed by atoms with Gasteiger partial charge in [0, 0.05) is 26.2 Å². The summed E-state index contributed by atoms with van der Waals surface area (Å²) < 4.78 is 31.9. The average Bonchev–Trinajstić information content (AvgIpc) is 3.06. The normalized spacial score (nSPS) is 16.4. The molecule has 1 aromatic carbocycles. The molecule has 0 radical (unpaired) electrons. The molecular weight excluding hydrogens is 344 g/mol. The number of imidazole rings is 1. The number of para-hydroxylation sites is 1. The number of rotatable bonds is 5. The van der Waals surface area contributed by atoms with E-state index in [4.69, 9.17) is 4.74 Å². The molecule has 1 fully saturated rings. The third-order valence-corrected chi connectivity index (χ3v) is 5.83. The molecule has 8 nitrogen and oxygen atoms in total. The first-order valence-electron chi connectivity index (χ1n) is 8.01. The Labute approximate surface area is 146 Å². The Morgan fingerprint density at radius 3 is 2.68 bits per heavy atom. The molecule has 0 aliphatic carbocycles. The highest BCUT2D eigenvalue weighted by atomic mass is 32.2. The zero-order valence-electron chi connectivity index (χ0n) is 13.7. The number of ether oxygens (including phenoxy) is 1. The summed E-state index contributed by atoms with van der Waals surface area (Å²) >= 11 is 0. The van der Waals surface area contributed by atoms with Gasteiger partial charge in [-0.2, -0.15) is 4.31 Å². The minimum Gasteiger partial charge on any atom is -0.484 e. The van der Waals surface area contributed by atoms with Crippen LogP contribution in [-0.2, 0) is 14.8 Å². The number of amides is 1. The van der Waals surface area contributed by atoms with E-state index < -0.39 is 10.0 Å². The quantitative estimate of drug-likeness (QED) is 0.843. The Kier molecular flexibility index (Phi) is 5.34. The van der Waals surface area contributed by atoms with Crippen LogP contribution in [0.25, 0.3) is 0 Å². The monoisotopic (exact) mass is 364 g/mol. The summed E-state index contributed by atoms with van der Waals surface area (Å²) in [6, 6.07) is 9.12. The molecule has 1 aliphatic heterocycles. The Morgan fingerprint density at radius 2 is 1.96 bits per heavy atom. The SMILES string of the molecule is O=C(COc1ccccc1)N1CCCN(S(=O)(=O)c2cnc[nH]2)CC1. The first kappa shape index (κ1) is 17.4. The van der Waals surface area contributed by atoms with Crippen LogP contribution in [0.2, 0.25) is 0 Å². The summed E-state index contributed by atoms with van der Waals surface area (Å²) in [6.07, 6.45) is 3.20. The highest BCUT2D eigenvalue weighted by Crippen LogP contribution is 2.15. The summed E-state index contributed by atoms with van der Waals surface area (Å²) in [4.78, 5) is 20.4. The van der Waals surface area contributed by atoms with Gasteiger partial charge >= 0.3 is 0 Å². The smallest absolute Gasteiger partial charge is 0.260 e. The predicted octanol–water partition coefficient (Wildman–Crippen LogP) is 0.712. The molecule has 25 heavy (non-hydrogen) atoms. The topological polar surface area (TPSA) is 95.6 Å². The average molecular weight is 364 g/mol. The zero-order valence-corrected chi connectivity index (χ0v) is 14.5. The van der Waals surface area contributed by atoms with Gasteiger partial charge in [0.05, 0.1) is 12.5 Å². The molecule has 2 heterocycles. The molecular formula is C16H20N4O4S. The van der Waals surface area contributed by atoms with Crippen LogP contribution in [-0.4, -0.2) is 66.3 Å². The third-order valence-electron chi connectivity index (χ3n) is 4.00. The lowest BCUT2D eigenvalue weighted by Crippen LogP contribution is -2.39. The van der Waals surface area contributed by atoms with Crippen LogP contribution in [0.3, 0.4) is 0 Å². The van der Waals surface area contributed by atoms with Gasteiger partial charge < -0.3 is 14.6 Å². The molecule has 1 aliphatic rings. The highest BCUT2D eigenvalue weighted by Gasteiger charge is 2.29. The minimum atomic E-state index is -3.60. The van der Waals surface area contributed by atoms with Crippen LogP contribution in [0.5, 0.6) is 5.75 Å². The molecule has 0 spiro atoms. The molecule has 1 N–H and O–H groups in total. The molecule has 9 heteroatoms. The van der Waals surface area contributed by atoms with Crippen molar-refractivity contribution in [3.05, 3.63) is 42.9 Å². The van der Waals surface area contributed by atoms with Crippen LogP contribution < -0.4 is 4.74 Å². The first-order chi connectivity index (χ1) is 12.1. The second-order valence-electron chi connectivity index (χ2n) is 5.66. The second-order valence-corrected chi connectivity index (χ2v) is 7.56. The fourth-order valence-electron chi connectivity index (χ4n) is 2.66. The number of H-pyrrole nitrogens is 1.